The number of carbonyl (C=O) groups is 2. The van der Waals surface area contributed by atoms with Crippen molar-refractivity contribution in [3.63, 3.8) is 0 Å². The molecule has 162 valence electrons. The normalized spacial score (nSPS) is 20.0. The molecular formula is C18H19F3N4O5. The Morgan fingerprint density at radius 3 is 2.57 bits per heavy atom. The zero-order valence-corrected chi connectivity index (χ0v) is 15.6. The average Bonchev–Trinajstić information content (AvgIpc) is 3.21. The fourth-order valence-corrected chi connectivity index (χ4v) is 3.23. The fraction of sp³-hybridized carbons (Fsp3) is 0.444. The summed E-state index contributed by atoms with van der Waals surface area (Å²) >= 11 is 0. The van der Waals surface area contributed by atoms with Gasteiger partial charge in [0.05, 0.1) is 19.7 Å². The second kappa shape index (κ2) is 8.69. The summed E-state index contributed by atoms with van der Waals surface area (Å²) in [5.74, 6) is -2.16. The van der Waals surface area contributed by atoms with Crippen LogP contribution in [-0.2, 0) is 9.53 Å². The quantitative estimate of drug-likeness (QED) is 0.767. The monoisotopic (exact) mass is 428 g/mol. The van der Waals surface area contributed by atoms with E-state index in [0.29, 0.717) is 31.3 Å². The summed E-state index contributed by atoms with van der Waals surface area (Å²) in [7, 11) is 0. The summed E-state index contributed by atoms with van der Waals surface area (Å²) in [6.07, 6.45) is -0.0960. The Bertz CT molecular complexity index is 854. The van der Waals surface area contributed by atoms with Crippen molar-refractivity contribution in [2.24, 2.45) is 0 Å². The Hall–Kier alpha value is -3.15. The van der Waals surface area contributed by atoms with Gasteiger partial charge in [-0.25, -0.2) is 9.78 Å². The summed E-state index contributed by atoms with van der Waals surface area (Å²) in [6, 6.07) is 7.31. The number of H-pyrrole nitrogens is 1. The molecule has 4 heterocycles. The highest BCUT2D eigenvalue weighted by atomic mass is 19.4. The molecule has 30 heavy (non-hydrogen) atoms. The third kappa shape index (κ3) is 5.26. The molecular weight excluding hydrogens is 409 g/mol. The van der Waals surface area contributed by atoms with Crippen LogP contribution >= 0.6 is 0 Å². The number of alkyl halides is 3. The number of likely N-dealkylation sites (tertiary alicyclic amines) is 1. The Kier molecular flexibility index (Phi) is 6.25. The van der Waals surface area contributed by atoms with Gasteiger partial charge in [0.2, 0.25) is 5.88 Å². The summed E-state index contributed by atoms with van der Waals surface area (Å²) in [4.78, 5) is 27.1. The van der Waals surface area contributed by atoms with E-state index >= 15 is 0 Å². The van der Waals surface area contributed by atoms with Gasteiger partial charge >= 0.3 is 12.1 Å². The first-order valence-corrected chi connectivity index (χ1v) is 8.99. The van der Waals surface area contributed by atoms with Gasteiger partial charge in [0.1, 0.15) is 17.4 Å². The van der Waals surface area contributed by atoms with E-state index in [4.69, 9.17) is 19.4 Å². The van der Waals surface area contributed by atoms with Crippen molar-refractivity contribution < 1.29 is 37.3 Å². The zero-order valence-electron chi connectivity index (χ0n) is 15.6. The highest BCUT2D eigenvalue weighted by Crippen LogP contribution is 2.36. The second-order valence-electron chi connectivity index (χ2n) is 6.87. The van der Waals surface area contributed by atoms with Crippen LogP contribution in [0.2, 0.25) is 0 Å². The molecule has 12 heteroatoms. The molecule has 2 fully saturated rings. The van der Waals surface area contributed by atoms with Gasteiger partial charge in [-0.2, -0.15) is 18.3 Å². The number of rotatable bonds is 3. The number of hydrogen-bond acceptors (Lipinski definition) is 6. The molecule has 2 aliphatic heterocycles. The molecule has 1 spiro atoms. The highest BCUT2D eigenvalue weighted by molar-refractivity contribution is 5.92. The van der Waals surface area contributed by atoms with E-state index in [9.17, 15) is 18.0 Å². The topological polar surface area (TPSA) is 118 Å². The van der Waals surface area contributed by atoms with Gasteiger partial charge in [0, 0.05) is 31.3 Å². The summed E-state index contributed by atoms with van der Waals surface area (Å²) in [5, 5.41) is 13.6. The number of amides is 1. The minimum Gasteiger partial charge on any atom is -0.475 e. The second-order valence-corrected chi connectivity index (χ2v) is 6.87. The maximum atomic E-state index is 12.2. The first-order chi connectivity index (χ1) is 14.2. The average molecular weight is 428 g/mol. The van der Waals surface area contributed by atoms with Gasteiger partial charge in [-0.3, -0.25) is 9.89 Å². The third-order valence-corrected chi connectivity index (χ3v) is 4.59. The number of carboxylic acid groups (broad SMARTS) is 1. The third-order valence-electron chi connectivity index (χ3n) is 4.59. The Labute approximate surface area is 168 Å². The van der Waals surface area contributed by atoms with E-state index in [-0.39, 0.29) is 17.6 Å². The standard InChI is InChI=1S/C16H18N4O3.C2HF3O2/c21-15(13-4-7-18-19-13)20-10-16(11-20)9-12(5-8-22-16)23-14-3-1-2-6-17-14;3-2(4,5)1(6)7/h1-4,6-7,12H,5,8-11H2,(H,18,19);(H,6,7). The number of ether oxygens (including phenoxy) is 2. The molecule has 0 aliphatic carbocycles. The lowest BCUT2D eigenvalue weighted by Crippen LogP contribution is -2.67. The molecule has 2 aliphatic rings. The molecule has 0 aromatic carbocycles. The van der Waals surface area contributed by atoms with Crippen LogP contribution < -0.4 is 4.74 Å². The Morgan fingerprint density at radius 1 is 1.27 bits per heavy atom. The van der Waals surface area contributed by atoms with Crippen LogP contribution in [0, 0.1) is 0 Å². The number of hydrogen-bond donors (Lipinski definition) is 2. The predicted molar refractivity (Wildman–Crippen MR) is 94.8 cm³/mol. The zero-order chi connectivity index (χ0) is 21.8. The number of carbonyl (C=O) groups excluding carboxylic acids is 1. The number of halogens is 3. The molecule has 2 N–H and O–H groups in total. The number of nitrogens with one attached hydrogen (secondary N) is 1. The van der Waals surface area contributed by atoms with Crippen molar-refractivity contribution in [2.45, 2.75) is 30.7 Å². The van der Waals surface area contributed by atoms with Crippen LogP contribution in [0.1, 0.15) is 23.3 Å². The van der Waals surface area contributed by atoms with Gasteiger partial charge in [-0.1, -0.05) is 6.07 Å². The molecule has 2 aromatic rings. The number of pyridine rings is 1. The smallest absolute Gasteiger partial charge is 0.475 e. The van der Waals surface area contributed by atoms with Crippen LogP contribution in [0.25, 0.3) is 0 Å². The van der Waals surface area contributed by atoms with Gasteiger partial charge < -0.3 is 19.5 Å². The molecule has 0 radical (unpaired) electrons. The van der Waals surface area contributed by atoms with Crippen LogP contribution in [-0.4, -0.2) is 74.6 Å². The fourth-order valence-electron chi connectivity index (χ4n) is 3.23. The Morgan fingerprint density at radius 2 is 2.00 bits per heavy atom. The van der Waals surface area contributed by atoms with Crippen molar-refractivity contribution in [3.05, 3.63) is 42.4 Å². The van der Waals surface area contributed by atoms with E-state index in [1.807, 2.05) is 18.2 Å². The molecule has 4 rings (SSSR count). The molecule has 1 amide bonds. The van der Waals surface area contributed by atoms with Gasteiger partial charge in [-0.05, 0) is 12.1 Å². The molecule has 1 atom stereocenters. The minimum atomic E-state index is -5.08. The Balaban J connectivity index is 0.000000318. The van der Waals surface area contributed by atoms with Crippen molar-refractivity contribution in [1.82, 2.24) is 20.1 Å². The summed E-state index contributed by atoms with van der Waals surface area (Å²) < 4.78 is 43.6. The van der Waals surface area contributed by atoms with E-state index < -0.39 is 12.1 Å². The SMILES string of the molecule is O=C(O)C(F)(F)F.O=C(c1ccn[nH]1)N1CC2(CC(Oc3ccccn3)CCO2)C1. The number of aromatic amines is 1. The number of carboxylic acids is 1. The van der Waals surface area contributed by atoms with Gasteiger partial charge in [0.25, 0.3) is 5.91 Å². The maximum Gasteiger partial charge on any atom is 0.490 e. The van der Waals surface area contributed by atoms with E-state index in [2.05, 4.69) is 15.2 Å². The van der Waals surface area contributed by atoms with Crippen molar-refractivity contribution in [1.29, 1.82) is 0 Å². The largest absolute Gasteiger partial charge is 0.490 e. The van der Waals surface area contributed by atoms with Crippen molar-refractivity contribution >= 4 is 11.9 Å². The van der Waals surface area contributed by atoms with E-state index in [0.717, 1.165) is 12.8 Å². The van der Waals surface area contributed by atoms with Crippen molar-refractivity contribution in [2.75, 3.05) is 19.7 Å². The molecule has 0 saturated carbocycles. The lowest BCUT2D eigenvalue weighted by Gasteiger charge is -2.52. The number of nitrogens with zero attached hydrogens (tertiary/aromatic N) is 3. The lowest BCUT2D eigenvalue weighted by molar-refractivity contribution is -0.192. The highest BCUT2D eigenvalue weighted by Gasteiger charge is 2.50. The van der Waals surface area contributed by atoms with Gasteiger partial charge in [0.15, 0.2) is 0 Å². The first kappa shape index (κ1) is 21.6. The molecule has 9 nitrogen and oxygen atoms in total. The molecule has 2 aromatic heterocycles. The maximum absolute atomic E-state index is 12.2. The first-order valence-electron chi connectivity index (χ1n) is 8.99. The molecule has 0 bridgehead atoms. The van der Waals surface area contributed by atoms with E-state index in [1.165, 1.54) is 0 Å². The van der Waals surface area contributed by atoms with Crippen LogP contribution in [0.3, 0.4) is 0 Å². The predicted octanol–water partition coefficient (Wildman–Crippen LogP) is 1.89. The van der Waals surface area contributed by atoms with Gasteiger partial charge in [-0.15, -0.1) is 0 Å². The minimum absolute atomic E-state index is 0.0375. The van der Waals surface area contributed by atoms with Crippen LogP contribution in [0.5, 0.6) is 5.88 Å². The van der Waals surface area contributed by atoms with Crippen LogP contribution in [0.4, 0.5) is 13.2 Å². The summed E-state index contributed by atoms with van der Waals surface area (Å²) in [5.41, 5.74) is 0.227. The van der Waals surface area contributed by atoms with Crippen LogP contribution in [0.15, 0.2) is 36.7 Å². The number of aliphatic carboxylic acids is 1. The summed E-state index contributed by atoms with van der Waals surface area (Å²) in [6.45, 7) is 1.82. The lowest BCUT2D eigenvalue weighted by atomic mass is 9.84. The molecule has 2 saturated heterocycles. The molecule has 1 unspecified atom stereocenters. The number of aromatic nitrogens is 3. The van der Waals surface area contributed by atoms with E-state index in [1.54, 1.807) is 23.4 Å². The van der Waals surface area contributed by atoms with Crippen molar-refractivity contribution in [3.8, 4) is 5.88 Å².